The molecule has 1 heterocycles. The second-order valence-electron chi connectivity index (χ2n) is 3.54. The summed E-state index contributed by atoms with van der Waals surface area (Å²) in [5, 5.41) is 3.91. The smallest absolute Gasteiger partial charge is 0.335 e. The quantitative estimate of drug-likeness (QED) is 0.801. The van der Waals surface area contributed by atoms with Crippen molar-refractivity contribution in [1.29, 1.82) is 0 Å². The van der Waals surface area contributed by atoms with E-state index in [1.165, 1.54) is 7.11 Å². The Balaban J connectivity index is 2.25. The maximum absolute atomic E-state index is 11.5. The van der Waals surface area contributed by atoms with Crippen molar-refractivity contribution in [3.8, 4) is 0 Å². The van der Waals surface area contributed by atoms with Gasteiger partial charge in [-0.2, -0.15) is 0 Å². The van der Waals surface area contributed by atoms with Gasteiger partial charge in [0, 0.05) is 11.6 Å². The lowest BCUT2D eigenvalue weighted by Gasteiger charge is -2.14. The molecular formula is C12H12ClNO2. The molecule has 0 aliphatic carbocycles. The third-order valence-corrected chi connectivity index (χ3v) is 2.83. The zero-order chi connectivity index (χ0) is 11.5. The lowest BCUT2D eigenvalue weighted by Crippen LogP contribution is -2.20. The predicted molar refractivity (Wildman–Crippen MR) is 62.3 cm³/mol. The summed E-state index contributed by atoms with van der Waals surface area (Å²) in [7, 11) is 1.39. The van der Waals surface area contributed by atoms with Crippen LogP contribution in [0.2, 0.25) is 5.02 Å². The van der Waals surface area contributed by atoms with Crippen LogP contribution in [0.15, 0.2) is 35.9 Å². The van der Waals surface area contributed by atoms with E-state index < -0.39 is 0 Å². The standard InChI is InChI=1S/C12H12ClNO2/c1-16-12(15)10-6-7-14-11(10)8-2-4-9(13)5-3-8/h2-6,11,14H,7H2,1H3/t11-/m0/s1. The molecule has 1 aromatic carbocycles. The van der Waals surface area contributed by atoms with E-state index in [4.69, 9.17) is 16.3 Å². The Labute approximate surface area is 99.1 Å². The van der Waals surface area contributed by atoms with Gasteiger partial charge in [-0.25, -0.2) is 4.79 Å². The number of esters is 1. The minimum Gasteiger partial charge on any atom is -0.466 e. The first kappa shape index (κ1) is 11.2. The van der Waals surface area contributed by atoms with E-state index in [9.17, 15) is 4.79 Å². The first-order valence-corrected chi connectivity index (χ1v) is 5.37. The molecular weight excluding hydrogens is 226 g/mol. The second-order valence-corrected chi connectivity index (χ2v) is 3.98. The molecule has 1 aromatic rings. The SMILES string of the molecule is COC(=O)C1=CCN[C@H]1c1ccc(Cl)cc1. The monoisotopic (exact) mass is 237 g/mol. The minimum absolute atomic E-state index is 0.0929. The molecule has 2 rings (SSSR count). The van der Waals surface area contributed by atoms with Gasteiger partial charge in [-0.15, -0.1) is 0 Å². The van der Waals surface area contributed by atoms with Gasteiger partial charge in [0.1, 0.15) is 0 Å². The summed E-state index contributed by atoms with van der Waals surface area (Å²) in [6.07, 6.45) is 1.85. The minimum atomic E-state index is -0.287. The molecule has 0 aromatic heterocycles. The lowest BCUT2D eigenvalue weighted by atomic mass is 10.0. The summed E-state index contributed by atoms with van der Waals surface area (Å²) >= 11 is 5.82. The van der Waals surface area contributed by atoms with E-state index in [1.54, 1.807) is 0 Å². The Morgan fingerprint density at radius 1 is 1.44 bits per heavy atom. The Kier molecular flexibility index (Phi) is 3.27. The summed E-state index contributed by atoms with van der Waals surface area (Å²) in [5.74, 6) is -0.287. The fraction of sp³-hybridized carbons (Fsp3) is 0.250. The Morgan fingerprint density at radius 2 is 2.12 bits per heavy atom. The molecule has 0 spiro atoms. The Hall–Kier alpha value is -1.32. The topological polar surface area (TPSA) is 38.3 Å². The molecule has 0 radical (unpaired) electrons. The molecule has 0 saturated heterocycles. The van der Waals surface area contributed by atoms with Crippen LogP contribution < -0.4 is 5.32 Å². The van der Waals surface area contributed by atoms with Crippen molar-refractivity contribution in [3.63, 3.8) is 0 Å². The predicted octanol–water partition coefficient (Wildman–Crippen LogP) is 2.08. The zero-order valence-corrected chi connectivity index (χ0v) is 9.62. The average Bonchev–Trinajstić information content (AvgIpc) is 2.78. The van der Waals surface area contributed by atoms with E-state index >= 15 is 0 Å². The first-order valence-electron chi connectivity index (χ1n) is 4.99. The van der Waals surface area contributed by atoms with Gasteiger partial charge in [-0.05, 0) is 17.7 Å². The van der Waals surface area contributed by atoms with Gasteiger partial charge in [-0.1, -0.05) is 29.8 Å². The molecule has 3 nitrogen and oxygen atoms in total. The van der Waals surface area contributed by atoms with E-state index in [-0.39, 0.29) is 12.0 Å². The fourth-order valence-corrected chi connectivity index (χ4v) is 1.91. The van der Waals surface area contributed by atoms with Crippen LogP contribution in [0.3, 0.4) is 0 Å². The van der Waals surface area contributed by atoms with Crippen LogP contribution in [0.1, 0.15) is 11.6 Å². The number of hydrogen-bond donors (Lipinski definition) is 1. The highest BCUT2D eigenvalue weighted by Crippen LogP contribution is 2.27. The Morgan fingerprint density at radius 3 is 2.75 bits per heavy atom. The van der Waals surface area contributed by atoms with Gasteiger partial charge in [-0.3, -0.25) is 0 Å². The normalized spacial score (nSPS) is 19.4. The average molecular weight is 238 g/mol. The number of carbonyl (C=O) groups excluding carboxylic acids is 1. The summed E-state index contributed by atoms with van der Waals surface area (Å²) < 4.78 is 4.74. The molecule has 0 fully saturated rings. The van der Waals surface area contributed by atoms with Crippen LogP contribution in [0.4, 0.5) is 0 Å². The zero-order valence-electron chi connectivity index (χ0n) is 8.87. The highest BCUT2D eigenvalue weighted by Gasteiger charge is 2.26. The van der Waals surface area contributed by atoms with Crippen molar-refractivity contribution in [2.75, 3.05) is 13.7 Å². The number of nitrogens with one attached hydrogen (secondary N) is 1. The number of methoxy groups -OCH3 is 1. The summed E-state index contributed by atoms with van der Waals surface area (Å²) in [6.45, 7) is 0.678. The van der Waals surface area contributed by atoms with E-state index in [2.05, 4.69) is 5.32 Å². The van der Waals surface area contributed by atoms with Crippen molar-refractivity contribution in [2.45, 2.75) is 6.04 Å². The third kappa shape index (κ3) is 2.10. The van der Waals surface area contributed by atoms with Crippen LogP contribution in [-0.2, 0) is 9.53 Å². The van der Waals surface area contributed by atoms with Gasteiger partial charge in [0.2, 0.25) is 0 Å². The van der Waals surface area contributed by atoms with Gasteiger partial charge in [0.05, 0.1) is 18.7 Å². The van der Waals surface area contributed by atoms with E-state index in [0.717, 1.165) is 5.56 Å². The highest BCUT2D eigenvalue weighted by molar-refractivity contribution is 6.30. The molecule has 1 N–H and O–H groups in total. The number of halogens is 1. The summed E-state index contributed by atoms with van der Waals surface area (Å²) in [4.78, 5) is 11.5. The molecule has 4 heteroatoms. The van der Waals surface area contributed by atoms with E-state index in [1.807, 2.05) is 30.3 Å². The van der Waals surface area contributed by atoms with Crippen LogP contribution in [0.25, 0.3) is 0 Å². The molecule has 0 amide bonds. The van der Waals surface area contributed by atoms with Crippen LogP contribution in [0.5, 0.6) is 0 Å². The van der Waals surface area contributed by atoms with Gasteiger partial charge < -0.3 is 10.1 Å². The van der Waals surface area contributed by atoms with Gasteiger partial charge >= 0.3 is 5.97 Å². The summed E-state index contributed by atoms with van der Waals surface area (Å²) in [5.41, 5.74) is 1.67. The maximum Gasteiger partial charge on any atom is 0.335 e. The number of hydrogen-bond acceptors (Lipinski definition) is 3. The maximum atomic E-state index is 11.5. The van der Waals surface area contributed by atoms with Gasteiger partial charge in [0.15, 0.2) is 0 Å². The molecule has 16 heavy (non-hydrogen) atoms. The van der Waals surface area contributed by atoms with Crippen LogP contribution >= 0.6 is 11.6 Å². The Bertz CT molecular complexity index is 425. The molecule has 1 aliphatic rings. The van der Waals surface area contributed by atoms with E-state index in [0.29, 0.717) is 17.1 Å². The molecule has 0 bridgehead atoms. The number of rotatable bonds is 2. The van der Waals surface area contributed by atoms with Crippen LogP contribution in [0, 0.1) is 0 Å². The number of benzene rings is 1. The van der Waals surface area contributed by atoms with Gasteiger partial charge in [0.25, 0.3) is 0 Å². The number of carbonyl (C=O) groups is 1. The molecule has 1 atom stereocenters. The molecule has 0 saturated carbocycles. The summed E-state index contributed by atoms with van der Waals surface area (Å²) in [6, 6.07) is 7.34. The lowest BCUT2D eigenvalue weighted by molar-refractivity contribution is -0.136. The third-order valence-electron chi connectivity index (χ3n) is 2.58. The number of ether oxygens (including phenoxy) is 1. The fourth-order valence-electron chi connectivity index (χ4n) is 1.79. The molecule has 84 valence electrons. The molecule has 0 unspecified atom stereocenters. The van der Waals surface area contributed by atoms with Crippen molar-refractivity contribution >= 4 is 17.6 Å². The second kappa shape index (κ2) is 4.68. The van der Waals surface area contributed by atoms with Crippen molar-refractivity contribution in [2.24, 2.45) is 0 Å². The van der Waals surface area contributed by atoms with Crippen molar-refractivity contribution in [3.05, 3.63) is 46.5 Å². The molecule has 1 aliphatic heterocycles. The van der Waals surface area contributed by atoms with Crippen molar-refractivity contribution < 1.29 is 9.53 Å². The first-order chi connectivity index (χ1) is 7.72. The van der Waals surface area contributed by atoms with Crippen LogP contribution in [-0.4, -0.2) is 19.6 Å². The highest BCUT2D eigenvalue weighted by atomic mass is 35.5. The largest absolute Gasteiger partial charge is 0.466 e. The van der Waals surface area contributed by atoms with Crippen molar-refractivity contribution in [1.82, 2.24) is 5.32 Å².